The van der Waals surface area contributed by atoms with Gasteiger partial charge in [-0.2, -0.15) is 0 Å². The Morgan fingerprint density at radius 2 is 0.333 bits per heavy atom. The molecule has 0 saturated carbocycles. The van der Waals surface area contributed by atoms with Crippen LogP contribution in [0.25, 0.3) is 118 Å². The molecule has 0 nitrogen and oxygen atoms in total. The molecule has 16 bridgehead atoms. The molecule has 0 aliphatic heterocycles. The Kier molecular flexibility index (Phi) is 8.51. The van der Waals surface area contributed by atoms with Crippen molar-refractivity contribution in [2.45, 2.75) is 0 Å². The van der Waals surface area contributed by atoms with Crippen LogP contribution in [-0.2, 0) is 0 Å². The minimum absolute atomic E-state index is 1.27. The molecule has 9 aromatic heterocycles. The Morgan fingerprint density at radius 1 is 0.167 bits per heavy atom. The first kappa shape index (κ1) is 35.7. The first-order valence-electron chi connectivity index (χ1n) is 19.5. The SMILES string of the molecule is c1cc2cccc3c4ccc(s4)c4ccc(s4)c4ccc(s4)c4ccc(s4)c4cccc5cccc(c6ccc(s6)c6ccc(s6)c6ccc(s6)c6ccc(s6)c(c1)c23)c54. The van der Waals surface area contributed by atoms with Gasteiger partial charge in [-0.05, 0) is 119 Å². The van der Waals surface area contributed by atoms with Crippen molar-refractivity contribution in [2.24, 2.45) is 0 Å². The number of hydrogen-bond acceptors (Lipinski definition) is 8. The van der Waals surface area contributed by atoms with Gasteiger partial charge in [0.1, 0.15) is 0 Å². The van der Waals surface area contributed by atoms with Gasteiger partial charge in [0.15, 0.2) is 0 Å². The standard InChI is InChI=1S/C52H28S8/c1-5-29-6-2-10-32-36-14-18-40(54-36)44-22-26-49(58-44)50-28-24-46(60-50)42-20-16-38(56-42)34-12-4-8-30-7-3-11-33(52(30)34)37-15-19-41(55-37)45-23-27-48(59-45)47-25-21-43(57-47)39-17-13-35(53-39)31(9-1)51(29)32/h1-28H. The summed E-state index contributed by atoms with van der Waals surface area (Å²) in [5.74, 6) is 0. The predicted octanol–water partition coefficient (Wildman–Crippen LogP) is 20.0. The number of hydrogen-bond donors (Lipinski definition) is 0. The zero-order valence-electron chi connectivity index (χ0n) is 31.4. The lowest BCUT2D eigenvalue weighted by Gasteiger charge is -2.03. The summed E-state index contributed by atoms with van der Waals surface area (Å²) in [6.45, 7) is 0. The Balaban J connectivity index is 1.11. The van der Waals surface area contributed by atoms with E-state index in [0.29, 0.717) is 0 Å². The maximum absolute atomic E-state index is 2.32. The van der Waals surface area contributed by atoms with Crippen LogP contribution in [0.1, 0.15) is 0 Å². The van der Waals surface area contributed by atoms with Crippen LogP contribution >= 0.6 is 90.7 Å². The highest BCUT2D eigenvalue weighted by Gasteiger charge is 2.10. The zero-order chi connectivity index (χ0) is 39.3. The summed E-state index contributed by atoms with van der Waals surface area (Å²) in [5.41, 5.74) is 0. The molecule has 8 heteroatoms. The van der Waals surface area contributed by atoms with Crippen LogP contribution in [-0.4, -0.2) is 0 Å². The second kappa shape index (κ2) is 14.3. The molecule has 0 amide bonds. The molecular weight excluding hydrogens is 881 g/mol. The van der Waals surface area contributed by atoms with Crippen LogP contribution in [0.2, 0.25) is 0 Å². The van der Waals surface area contributed by atoms with Gasteiger partial charge in [-0.3, -0.25) is 0 Å². The molecule has 0 N–H and O–H groups in total. The smallest absolute Gasteiger partial charge is 0.0449 e. The molecule has 9 heterocycles. The second-order valence-electron chi connectivity index (χ2n) is 14.7. The average molecular weight is 909 g/mol. The molecule has 0 aliphatic carbocycles. The molecule has 0 fully saturated rings. The van der Waals surface area contributed by atoms with Crippen molar-refractivity contribution in [1.29, 1.82) is 0 Å². The van der Waals surface area contributed by atoms with Crippen molar-refractivity contribution in [3.8, 4) is 0 Å². The fraction of sp³-hybridized carbons (Fsp3) is 0. The van der Waals surface area contributed by atoms with Crippen LogP contribution in [0.4, 0.5) is 0 Å². The van der Waals surface area contributed by atoms with E-state index in [1.165, 1.54) is 118 Å². The second-order valence-corrected chi connectivity index (χ2v) is 23.4. The van der Waals surface area contributed by atoms with Crippen LogP contribution in [0.5, 0.6) is 0 Å². The molecule has 13 aromatic rings. The zero-order valence-corrected chi connectivity index (χ0v) is 38.0. The lowest BCUT2D eigenvalue weighted by atomic mass is 10.0. The van der Waals surface area contributed by atoms with Crippen molar-refractivity contribution in [2.75, 3.05) is 0 Å². The lowest BCUT2D eigenvalue weighted by Crippen LogP contribution is -1.75. The van der Waals surface area contributed by atoms with Crippen molar-refractivity contribution in [3.05, 3.63) is 170 Å². The first-order valence-corrected chi connectivity index (χ1v) is 26.1. The molecule has 0 aliphatic rings. The highest BCUT2D eigenvalue weighted by Crippen LogP contribution is 2.42. The molecule has 4 aromatic carbocycles. The molecule has 284 valence electrons. The molecule has 13 rings (SSSR count). The number of fused-ring (bicyclic) bond motifs is 26. The minimum Gasteiger partial charge on any atom is -0.134 e. The van der Waals surface area contributed by atoms with Crippen LogP contribution in [0.3, 0.4) is 0 Å². The van der Waals surface area contributed by atoms with Crippen LogP contribution < -0.4 is 0 Å². The number of benzene rings is 4. The van der Waals surface area contributed by atoms with E-state index in [4.69, 9.17) is 0 Å². The molecular formula is C52H28S8. The predicted molar refractivity (Wildman–Crippen MR) is 281 cm³/mol. The van der Waals surface area contributed by atoms with Crippen LogP contribution in [0, 0.1) is 0 Å². The van der Waals surface area contributed by atoms with Gasteiger partial charge in [0.25, 0.3) is 0 Å². The van der Waals surface area contributed by atoms with E-state index in [2.05, 4.69) is 170 Å². The third kappa shape index (κ3) is 5.97. The van der Waals surface area contributed by atoms with Crippen molar-refractivity contribution >= 4 is 209 Å². The first-order chi connectivity index (χ1) is 29.7. The van der Waals surface area contributed by atoms with Gasteiger partial charge < -0.3 is 0 Å². The fourth-order valence-electron chi connectivity index (χ4n) is 8.37. The van der Waals surface area contributed by atoms with E-state index in [1.54, 1.807) is 0 Å². The van der Waals surface area contributed by atoms with Crippen LogP contribution in [0.15, 0.2) is 170 Å². The van der Waals surface area contributed by atoms with Gasteiger partial charge in [-0.15, -0.1) is 90.7 Å². The van der Waals surface area contributed by atoms with Crippen molar-refractivity contribution < 1.29 is 0 Å². The number of thiophene rings is 8. The van der Waals surface area contributed by atoms with E-state index < -0.39 is 0 Å². The largest absolute Gasteiger partial charge is 0.134 e. The van der Waals surface area contributed by atoms with Crippen molar-refractivity contribution in [3.63, 3.8) is 0 Å². The third-order valence-corrected chi connectivity index (χ3v) is 21.2. The highest BCUT2D eigenvalue weighted by atomic mass is 32.1. The lowest BCUT2D eigenvalue weighted by molar-refractivity contribution is 1.84. The van der Waals surface area contributed by atoms with Crippen molar-refractivity contribution in [1.82, 2.24) is 0 Å². The molecule has 60 heavy (non-hydrogen) atoms. The van der Waals surface area contributed by atoms with E-state index in [-0.39, 0.29) is 0 Å². The summed E-state index contributed by atoms with van der Waals surface area (Å²) < 4.78 is 21.0. The Bertz CT molecular complexity index is 3620. The van der Waals surface area contributed by atoms with Gasteiger partial charge >= 0.3 is 0 Å². The summed E-state index contributed by atoms with van der Waals surface area (Å²) in [6.07, 6.45) is 0. The number of rotatable bonds is 0. The minimum atomic E-state index is 1.27. The van der Waals surface area contributed by atoms with E-state index >= 15 is 0 Å². The average Bonchev–Trinajstić information content (AvgIpc) is 4.13. The summed E-state index contributed by atoms with van der Waals surface area (Å²) in [6, 6.07) is 64.1. The monoisotopic (exact) mass is 908 g/mol. The molecule has 0 radical (unpaired) electrons. The highest BCUT2D eigenvalue weighted by molar-refractivity contribution is 7.36. The van der Waals surface area contributed by atoms with Gasteiger partial charge in [-0.25, -0.2) is 0 Å². The van der Waals surface area contributed by atoms with E-state index in [9.17, 15) is 0 Å². The molecule has 0 spiro atoms. The van der Waals surface area contributed by atoms with Gasteiger partial charge in [0.05, 0.1) is 0 Å². The maximum Gasteiger partial charge on any atom is 0.0449 e. The van der Waals surface area contributed by atoms with Gasteiger partial charge in [0, 0.05) is 96.7 Å². The van der Waals surface area contributed by atoms with Gasteiger partial charge in [0.2, 0.25) is 0 Å². The molecule has 0 atom stereocenters. The maximum atomic E-state index is 2.32. The topological polar surface area (TPSA) is 0 Å². The quantitative estimate of drug-likeness (QED) is 0.142. The summed E-state index contributed by atoms with van der Waals surface area (Å²) in [5, 5.41) is 10.4. The van der Waals surface area contributed by atoms with E-state index in [1.807, 2.05) is 90.7 Å². The third-order valence-electron chi connectivity index (χ3n) is 11.2. The Labute approximate surface area is 375 Å². The Hall–Kier alpha value is -5.00. The van der Waals surface area contributed by atoms with E-state index in [0.717, 1.165) is 0 Å². The molecule has 0 unspecified atom stereocenters. The summed E-state index contributed by atoms with van der Waals surface area (Å²) >= 11 is 15.2. The fourth-order valence-corrected chi connectivity index (χ4v) is 17.1. The molecule has 0 saturated heterocycles. The Morgan fingerprint density at radius 3 is 0.533 bits per heavy atom. The normalized spacial score (nSPS) is 12.0. The van der Waals surface area contributed by atoms with Gasteiger partial charge in [-0.1, -0.05) is 72.8 Å². The summed E-state index contributed by atoms with van der Waals surface area (Å²) in [7, 11) is 0. The summed E-state index contributed by atoms with van der Waals surface area (Å²) in [4.78, 5) is 0.